The number of ether oxygens (including phenoxy) is 1. The summed E-state index contributed by atoms with van der Waals surface area (Å²) in [4.78, 5) is 15.8. The van der Waals surface area contributed by atoms with Gasteiger partial charge < -0.3 is 19.5 Å². The molecular formula is C29H29N3O2. The SMILES string of the molecule is COc1ccccc1NC(=O)N1Cc2ccccc2-n2cccc2[C@H]1c1ccc(C(C)C)cc1. The number of nitrogens with zero attached hydrogens (tertiary/aromatic N) is 2. The molecule has 5 nitrogen and oxygen atoms in total. The first kappa shape index (κ1) is 21.8. The molecule has 0 unspecified atom stereocenters. The number of nitrogens with one attached hydrogen (secondary N) is 1. The first-order chi connectivity index (χ1) is 16.6. The first-order valence-electron chi connectivity index (χ1n) is 11.6. The number of amides is 2. The maximum absolute atomic E-state index is 13.8. The number of para-hydroxylation sites is 3. The van der Waals surface area contributed by atoms with E-state index < -0.39 is 0 Å². The Balaban J connectivity index is 1.62. The monoisotopic (exact) mass is 451 g/mol. The number of carbonyl (C=O) groups excluding carboxylic acids is 1. The van der Waals surface area contributed by atoms with Crippen molar-refractivity contribution in [3.05, 3.63) is 114 Å². The smallest absolute Gasteiger partial charge is 0.323 e. The summed E-state index contributed by atoms with van der Waals surface area (Å²) in [6.07, 6.45) is 2.07. The minimum absolute atomic E-state index is 0.174. The van der Waals surface area contributed by atoms with Gasteiger partial charge >= 0.3 is 6.03 Å². The van der Waals surface area contributed by atoms with Crippen LogP contribution in [0.3, 0.4) is 0 Å². The Morgan fingerprint density at radius 3 is 2.44 bits per heavy atom. The van der Waals surface area contributed by atoms with Crippen LogP contribution in [-0.2, 0) is 6.54 Å². The molecule has 0 spiro atoms. The summed E-state index contributed by atoms with van der Waals surface area (Å²) in [5.74, 6) is 1.08. The summed E-state index contributed by atoms with van der Waals surface area (Å²) in [6.45, 7) is 4.86. The maximum atomic E-state index is 13.8. The second-order valence-corrected chi connectivity index (χ2v) is 8.91. The van der Waals surface area contributed by atoms with Crippen molar-refractivity contribution in [2.24, 2.45) is 0 Å². The molecule has 5 heteroatoms. The van der Waals surface area contributed by atoms with E-state index in [9.17, 15) is 4.79 Å². The van der Waals surface area contributed by atoms with Gasteiger partial charge in [-0.1, -0.05) is 68.4 Å². The molecule has 4 aromatic rings. The van der Waals surface area contributed by atoms with E-state index in [-0.39, 0.29) is 12.1 Å². The van der Waals surface area contributed by atoms with E-state index in [2.05, 4.69) is 72.4 Å². The lowest BCUT2D eigenvalue weighted by Gasteiger charge is -2.31. The molecule has 1 aliphatic rings. The first-order valence-corrected chi connectivity index (χ1v) is 11.6. The Kier molecular flexibility index (Phi) is 5.84. The Hall–Kier alpha value is -3.99. The summed E-state index contributed by atoms with van der Waals surface area (Å²) in [5, 5.41) is 3.09. The van der Waals surface area contributed by atoms with Crippen LogP contribution in [-0.4, -0.2) is 22.6 Å². The van der Waals surface area contributed by atoms with Gasteiger partial charge in [-0.3, -0.25) is 0 Å². The average molecular weight is 452 g/mol. The number of hydrogen-bond donors (Lipinski definition) is 1. The Morgan fingerprint density at radius 2 is 1.68 bits per heavy atom. The van der Waals surface area contributed by atoms with E-state index >= 15 is 0 Å². The largest absolute Gasteiger partial charge is 0.495 e. The molecule has 2 heterocycles. The van der Waals surface area contributed by atoms with Crippen molar-refractivity contribution in [2.75, 3.05) is 12.4 Å². The van der Waals surface area contributed by atoms with Crippen molar-refractivity contribution in [1.29, 1.82) is 0 Å². The summed E-state index contributed by atoms with van der Waals surface area (Å²) >= 11 is 0. The van der Waals surface area contributed by atoms with Gasteiger partial charge in [0, 0.05) is 11.9 Å². The number of fused-ring (bicyclic) bond motifs is 3. The number of methoxy groups -OCH3 is 1. The van der Waals surface area contributed by atoms with Crippen LogP contribution in [0, 0.1) is 0 Å². The van der Waals surface area contributed by atoms with Crippen LogP contribution in [0.1, 0.15) is 48.2 Å². The summed E-state index contributed by atoms with van der Waals surface area (Å²) in [6, 6.07) is 28.1. The molecule has 1 atom stereocenters. The molecule has 1 aromatic heterocycles. The Bertz CT molecular complexity index is 1310. The number of benzene rings is 3. The Labute approximate surface area is 200 Å². The van der Waals surface area contributed by atoms with Crippen LogP contribution in [0.15, 0.2) is 91.1 Å². The summed E-state index contributed by atoms with van der Waals surface area (Å²) < 4.78 is 7.67. The number of carbonyl (C=O) groups is 1. The molecule has 0 aliphatic carbocycles. The van der Waals surface area contributed by atoms with Gasteiger partial charge in [-0.15, -0.1) is 0 Å². The van der Waals surface area contributed by atoms with Gasteiger partial charge in [0.1, 0.15) is 5.75 Å². The molecule has 1 N–H and O–H groups in total. The molecule has 0 bridgehead atoms. The van der Waals surface area contributed by atoms with E-state index in [1.165, 1.54) is 5.56 Å². The van der Waals surface area contributed by atoms with E-state index in [0.717, 1.165) is 22.5 Å². The van der Waals surface area contributed by atoms with Crippen LogP contribution < -0.4 is 10.1 Å². The molecule has 2 amide bonds. The van der Waals surface area contributed by atoms with Crippen molar-refractivity contribution in [2.45, 2.75) is 32.4 Å². The zero-order valence-electron chi connectivity index (χ0n) is 19.7. The minimum atomic E-state index is -0.252. The standard InChI is InChI=1S/C29H29N3O2/c1-20(2)21-14-16-22(17-15-21)28-26-12-8-18-31(26)25-11-6-4-9-23(25)19-32(28)29(33)30-24-10-5-7-13-27(24)34-3/h4-18,20,28H,19H2,1-3H3,(H,30,33)/t28-/m1/s1. The molecule has 0 radical (unpaired) electrons. The number of rotatable bonds is 4. The third kappa shape index (κ3) is 3.94. The predicted molar refractivity (Wildman–Crippen MR) is 136 cm³/mol. The predicted octanol–water partition coefficient (Wildman–Crippen LogP) is 6.75. The van der Waals surface area contributed by atoms with Gasteiger partial charge in [0.2, 0.25) is 0 Å². The van der Waals surface area contributed by atoms with E-state index in [4.69, 9.17) is 4.74 Å². The van der Waals surface area contributed by atoms with Crippen molar-refractivity contribution >= 4 is 11.7 Å². The molecule has 3 aromatic carbocycles. The van der Waals surface area contributed by atoms with Gasteiger partial charge in [-0.25, -0.2) is 4.79 Å². The van der Waals surface area contributed by atoms with Gasteiger partial charge in [0.25, 0.3) is 0 Å². The van der Waals surface area contributed by atoms with Gasteiger partial charge in [0.15, 0.2) is 0 Å². The maximum Gasteiger partial charge on any atom is 0.323 e. The highest BCUT2D eigenvalue weighted by Crippen LogP contribution is 2.37. The molecule has 172 valence electrons. The number of anilines is 1. The second kappa shape index (κ2) is 9.10. The minimum Gasteiger partial charge on any atom is -0.495 e. The highest BCUT2D eigenvalue weighted by molar-refractivity contribution is 5.91. The van der Waals surface area contributed by atoms with Crippen molar-refractivity contribution < 1.29 is 9.53 Å². The average Bonchev–Trinajstić information content (AvgIpc) is 3.28. The van der Waals surface area contributed by atoms with E-state index in [1.807, 2.05) is 47.4 Å². The molecule has 5 rings (SSSR count). The molecule has 34 heavy (non-hydrogen) atoms. The molecular weight excluding hydrogens is 422 g/mol. The summed E-state index contributed by atoms with van der Waals surface area (Å²) in [7, 11) is 1.61. The zero-order valence-corrected chi connectivity index (χ0v) is 19.7. The van der Waals surface area contributed by atoms with Crippen LogP contribution in [0.5, 0.6) is 5.75 Å². The number of hydrogen-bond acceptors (Lipinski definition) is 2. The van der Waals surface area contributed by atoms with Crippen LogP contribution in [0.2, 0.25) is 0 Å². The van der Waals surface area contributed by atoms with Gasteiger partial charge in [0.05, 0.1) is 31.1 Å². The fourth-order valence-corrected chi connectivity index (χ4v) is 4.69. The summed E-state index contributed by atoms with van der Waals surface area (Å²) in [5.41, 5.74) is 6.25. The molecule has 0 fully saturated rings. The second-order valence-electron chi connectivity index (χ2n) is 8.91. The van der Waals surface area contributed by atoms with E-state index in [0.29, 0.717) is 23.9 Å². The molecule has 1 aliphatic heterocycles. The third-order valence-corrected chi connectivity index (χ3v) is 6.49. The fourth-order valence-electron chi connectivity index (χ4n) is 4.69. The third-order valence-electron chi connectivity index (χ3n) is 6.49. The molecule has 0 saturated carbocycles. The Morgan fingerprint density at radius 1 is 0.941 bits per heavy atom. The lowest BCUT2D eigenvalue weighted by molar-refractivity contribution is 0.194. The quantitative estimate of drug-likeness (QED) is 0.373. The van der Waals surface area contributed by atoms with Crippen LogP contribution in [0.25, 0.3) is 5.69 Å². The fraction of sp³-hybridized carbons (Fsp3) is 0.207. The van der Waals surface area contributed by atoms with Gasteiger partial charge in [-0.05, 0) is 52.9 Å². The topological polar surface area (TPSA) is 46.5 Å². The van der Waals surface area contributed by atoms with Crippen molar-refractivity contribution in [3.8, 4) is 11.4 Å². The molecule has 0 saturated heterocycles. The van der Waals surface area contributed by atoms with Crippen molar-refractivity contribution in [3.63, 3.8) is 0 Å². The van der Waals surface area contributed by atoms with Gasteiger partial charge in [-0.2, -0.15) is 0 Å². The number of urea groups is 1. The van der Waals surface area contributed by atoms with E-state index in [1.54, 1.807) is 7.11 Å². The highest BCUT2D eigenvalue weighted by atomic mass is 16.5. The lowest BCUT2D eigenvalue weighted by atomic mass is 9.97. The van der Waals surface area contributed by atoms with Crippen LogP contribution >= 0.6 is 0 Å². The lowest BCUT2D eigenvalue weighted by Crippen LogP contribution is -2.38. The normalized spacial score (nSPS) is 14.8. The zero-order chi connectivity index (χ0) is 23.7. The highest BCUT2D eigenvalue weighted by Gasteiger charge is 2.33. The van der Waals surface area contributed by atoms with Crippen LogP contribution in [0.4, 0.5) is 10.5 Å². The van der Waals surface area contributed by atoms with Crippen molar-refractivity contribution in [1.82, 2.24) is 9.47 Å². The number of aromatic nitrogens is 1.